The summed E-state index contributed by atoms with van der Waals surface area (Å²) in [7, 11) is 0. The van der Waals surface area contributed by atoms with Gasteiger partial charge in [-0.05, 0) is 60.4 Å². The highest BCUT2D eigenvalue weighted by molar-refractivity contribution is 7.99. The monoisotopic (exact) mass is 374 g/mol. The van der Waals surface area contributed by atoms with Gasteiger partial charge in [0, 0.05) is 23.0 Å². The van der Waals surface area contributed by atoms with E-state index in [1.807, 2.05) is 44.3 Å². The lowest BCUT2D eigenvalue weighted by atomic mass is 9.92. The summed E-state index contributed by atoms with van der Waals surface area (Å²) in [6, 6.07) is 8.82. The van der Waals surface area contributed by atoms with Crippen molar-refractivity contribution in [3.63, 3.8) is 0 Å². The first-order chi connectivity index (χ1) is 11.5. The number of hydrogen-bond donors (Lipinski definition) is 2. The van der Waals surface area contributed by atoms with Gasteiger partial charge in [0.15, 0.2) is 0 Å². The van der Waals surface area contributed by atoms with E-state index < -0.39 is 0 Å². The maximum absolute atomic E-state index is 9.20. The maximum Gasteiger partial charge on any atom is 0.0482 e. The zero-order chi connectivity index (χ0) is 18.8. The summed E-state index contributed by atoms with van der Waals surface area (Å²) >= 11 is 3.79. The highest BCUT2D eigenvalue weighted by atomic mass is 32.2. The summed E-state index contributed by atoms with van der Waals surface area (Å²) in [5, 5.41) is 17.1. The maximum atomic E-state index is 9.20. The Bertz CT molecular complexity index is 362. The van der Waals surface area contributed by atoms with Gasteiger partial charge in [-0.25, -0.2) is 0 Å². The van der Waals surface area contributed by atoms with Crippen molar-refractivity contribution in [1.82, 2.24) is 0 Å². The normalized spacial score (nSPS) is 10.3. The van der Waals surface area contributed by atoms with E-state index >= 15 is 0 Å². The van der Waals surface area contributed by atoms with Crippen LogP contribution in [0, 0.1) is 5.41 Å². The van der Waals surface area contributed by atoms with E-state index in [-0.39, 0.29) is 12.0 Å². The molecule has 0 saturated carbocycles. The molecule has 0 aliphatic rings. The van der Waals surface area contributed by atoms with Crippen LogP contribution in [0.5, 0.6) is 0 Å². The van der Waals surface area contributed by atoms with Gasteiger partial charge in [-0.3, -0.25) is 0 Å². The molecule has 0 atom stereocenters. The van der Waals surface area contributed by atoms with Crippen molar-refractivity contribution in [1.29, 1.82) is 0 Å². The predicted octanol–water partition coefficient (Wildman–Crippen LogP) is 6.10. The molecular formula is C20H38O2S2. The van der Waals surface area contributed by atoms with Gasteiger partial charge in [0.1, 0.15) is 0 Å². The Morgan fingerprint density at radius 2 is 1.25 bits per heavy atom. The average molecular weight is 375 g/mol. The zero-order valence-electron chi connectivity index (χ0n) is 16.5. The lowest BCUT2D eigenvalue weighted by Gasteiger charge is -2.20. The fraction of sp³-hybridized carbons (Fsp3) is 0.700. The minimum Gasteiger partial charge on any atom is -0.396 e. The summed E-state index contributed by atoms with van der Waals surface area (Å²) in [5.74, 6) is 2.26. The summed E-state index contributed by atoms with van der Waals surface area (Å²) in [6.07, 6.45) is 3.14. The van der Waals surface area contributed by atoms with Crippen LogP contribution in [0.1, 0.15) is 60.8 Å². The van der Waals surface area contributed by atoms with Crippen LogP contribution < -0.4 is 0 Å². The molecule has 0 aliphatic carbocycles. The molecule has 0 spiro atoms. The van der Waals surface area contributed by atoms with Crippen molar-refractivity contribution in [2.75, 3.05) is 24.7 Å². The quantitative estimate of drug-likeness (QED) is 0.512. The third kappa shape index (κ3) is 15.4. The number of aliphatic hydroxyl groups excluding tert-OH is 2. The number of hydrogen-bond acceptors (Lipinski definition) is 4. The van der Waals surface area contributed by atoms with Crippen molar-refractivity contribution >= 4 is 23.5 Å². The van der Waals surface area contributed by atoms with Crippen LogP contribution in [0.3, 0.4) is 0 Å². The molecule has 2 N–H and O–H groups in total. The van der Waals surface area contributed by atoms with E-state index in [1.165, 1.54) is 22.0 Å². The Kier molecular flexibility index (Phi) is 19.2. The Morgan fingerprint density at radius 1 is 0.833 bits per heavy atom. The zero-order valence-corrected chi connectivity index (χ0v) is 18.1. The third-order valence-corrected chi connectivity index (χ3v) is 5.23. The second-order valence-corrected chi connectivity index (χ2v) is 8.30. The minimum absolute atomic E-state index is 0.0456. The first-order valence-corrected chi connectivity index (χ1v) is 11.0. The smallest absolute Gasteiger partial charge is 0.0482 e. The number of thioether (sulfide) groups is 2. The summed E-state index contributed by atoms with van der Waals surface area (Å²) in [6.45, 7) is 12.9. The van der Waals surface area contributed by atoms with Gasteiger partial charge in [-0.1, -0.05) is 41.5 Å². The van der Waals surface area contributed by atoms with Gasteiger partial charge in [0.25, 0.3) is 0 Å². The number of rotatable bonds is 9. The molecule has 0 fully saturated rings. The largest absolute Gasteiger partial charge is 0.396 e. The molecule has 0 bridgehead atoms. The Labute approximate surface area is 158 Å². The van der Waals surface area contributed by atoms with E-state index in [4.69, 9.17) is 5.11 Å². The SMILES string of the molecule is CC.CCCO.CCCSc1ccc(SCCC(C)(C)CO)cc1. The molecule has 0 amide bonds. The summed E-state index contributed by atoms with van der Waals surface area (Å²) < 4.78 is 0. The van der Waals surface area contributed by atoms with Crippen molar-refractivity contribution in [2.24, 2.45) is 5.41 Å². The fourth-order valence-electron chi connectivity index (χ4n) is 1.38. The molecule has 0 aliphatic heterocycles. The fourth-order valence-corrected chi connectivity index (χ4v) is 3.36. The van der Waals surface area contributed by atoms with Crippen LogP contribution in [0.25, 0.3) is 0 Å². The summed E-state index contributed by atoms with van der Waals surface area (Å²) in [4.78, 5) is 2.68. The van der Waals surface area contributed by atoms with Crippen LogP contribution in [-0.4, -0.2) is 34.9 Å². The molecular weight excluding hydrogens is 336 g/mol. The molecule has 1 rings (SSSR count). The van der Waals surface area contributed by atoms with Gasteiger partial charge in [-0.15, -0.1) is 23.5 Å². The third-order valence-electron chi connectivity index (χ3n) is 3.00. The van der Waals surface area contributed by atoms with Crippen LogP contribution in [0.4, 0.5) is 0 Å². The van der Waals surface area contributed by atoms with Gasteiger partial charge in [0.2, 0.25) is 0 Å². The molecule has 0 heterocycles. The first kappa shape index (κ1) is 26.1. The van der Waals surface area contributed by atoms with Crippen LogP contribution in [0.15, 0.2) is 34.1 Å². The summed E-state index contributed by atoms with van der Waals surface area (Å²) in [5.41, 5.74) is 0.0456. The van der Waals surface area contributed by atoms with Gasteiger partial charge in [-0.2, -0.15) is 0 Å². The van der Waals surface area contributed by atoms with Crippen molar-refractivity contribution in [2.45, 2.75) is 70.6 Å². The van der Waals surface area contributed by atoms with E-state index in [9.17, 15) is 5.11 Å². The van der Waals surface area contributed by atoms with Gasteiger partial charge >= 0.3 is 0 Å². The van der Waals surface area contributed by atoms with Crippen molar-refractivity contribution in [3.8, 4) is 0 Å². The molecule has 4 heteroatoms. The Hall–Kier alpha value is -0.160. The van der Waals surface area contributed by atoms with E-state index in [2.05, 4.69) is 45.0 Å². The Balaban J connectivity index is 0. The molecule has 1 aromatic carbocycles. The number of aliphatic hydroxyl groups is 2. The Morgan fingerprint density at radius 3 is 1.58 bits per heavy atom. The molecule has 0 saturated heterocycles. The molecule has 2 nitrogen and oxygen atoms in total. The van der Waals surface area contributed by atoms with E-state index in [1.54, 1.807) is 0 Å². The van der Waals surface area contributed by atoms with E-state index in [0.717, 1.165) is 18.6 Å². The minimum atomic E-state index is 0.0456. The van der Waals surface area contributed by atoms with Crippen LogP contribution in [-0.2, 0) is 0 Å². The lowest BCUT2D eigenvalue weighted by molar-refractivity contribution is 0.157. The van der Waals surface area contributed by atoms with Gasteiger partial charge in [0.05, 0.1) is 0 Å². The second kappa shape index (κ2) is 17.7. The average Bonchev–Trinajstić information content (AvgIpc) is 2.63. The lowest BCUT2D eigenvalue weighted by Crippen LogP contribution is -2.17. The highest BCUT2D eigenvalue weighted by Crippen LogP contribution is 2.27. The molecule has 0 aromatic heterocycles. The molecule has 142 valence electrons. The van der Waals surface area contributed by atoms with E-state index in [0.29, 0.717) is 6.61 Å². The second-order valence-electron chi connectivity index (χ2n) is 5.96. The standard InChI is InChI=1S/C15H24OS2.C3H8O.C2H6/c1-4-10-17-13-5-7-14(8-6-13)18-11-9-15(2,3)12-16;1-2-3-4;1-2/h5-8,16H,4,9-12H2,1-3H3;4H,2-3H2,1H3;1-2H3. The number of benzene rings is 1. The van der Waals surface area contributed by atoms with Gasteiger partial charge < -0.3 is 10.2 Å². The van der Waals surface area contributed by atoms with Crippen LogP contribution in [0.2, 0.25) is 0 Å². The molecule has 0 unspecified atom stereocenters. The predicted molar refractivity (Wildman–Crippen MR) is 112 cm³/mol. The first-order valence-electron chi connectivity index (χ1n) is 9.06. The van der Waals surface area contributed by atoms with Crippen molar-refractivity contribution in [3.05, 3.63) is 24.3 Å². The topological polar surface area (TPSA) is 40.5 Å². The molecule has 1 aromatic rings. The molecule has 0 radical (unpaired) electrons. The van der Waals surface area contributed by atoms with Crippen molar-refractivity contribution < 1.29 is 10.2 Å². The van der Waals surface area contributed by atoms with Crippen LogP contribution >= 0.6 is 23.5 Å². The highest BCUT2D eigenvalue weighted by Gasteiger charge is 2.15. The molecule has 24 heavy (non-hydrogen) atoms.